The van der Waals surface area contributed by atoms with E-state index in [-0.39, 0.29) is 29.9 Å². The van der Waals surface area contributed by atoms with Crippen LogP contribution in [0.15, 0.2) is 18.2 Å². The van der Waals surface area contributed by atoms with Crippen LogP contribution in [0.25, 0.3) is 0 Å². The van der Waals surface area contributed by atoms with Crippen LogP contribution in [0, 0.1) is 17.6 Å². The van der Waals surface area contributed by atoms with E-state index in [0.717, 1.165) is 18.2 Å². The van der Waals surface area contributed by atoms with Crippen molar-refractivity contribution in [3.63, 3.8) is 0 Å². The molecule has 5 nitrogen and oxygen atoms in total. The average molecular weight is 350 g/mol. The SMILES string of the molecule is CC(C)[C@@H]1CO[C@@]23CCN(C(=O)c4cc(F)cc(F)c4)[C@@H]2CC(=O)N13. The molecular formula is C18H20F2N2O3. The summed E-state index contributed by atoms with van der Waals surface area (Å²) in [6.45, 7) is 4.94. The van der Waals surface area contributed by atoms with Crippen LogP contribution in [0.5, 0.6) is 0 Å². The van der Waals surface area contributed by atoms with E-state index in [1.165, 1.54) is 4.90 Å². The first-order valence-electron chi connectivity index (χ1n) is 8.56. The molecule has 3 atom stereocenters. The molecule has 3 heterocycles. The Morgan fingerprint density at radius 1 is 1.28 bits per heavy atom. The zero-order valence-electron chi connectivity index (χ0n) is 14.2. The number of halogens is 2. The molecule has 1 aromatic carbocycles. The van der Waals surface area contributed by atoms with Gasteiger partial charge in [-0.1, -0.05) is 13.8 Å². The molecule has 134 valence electrons. The van der Waals surface area contributed by atoms with Crippen LogP contribution >= 0.6 is 0 Å². The van der Waals surface area contributed by atoms with Crippen molar-refractivity contribution in [2.75, 3.05) is 13.2 Å². The van der Waals surface area contributed by atoms with Gasteiger partial charge in [0.25, 0.3) is 5.91 Å². The average Bonchev–Trinajstić information content (AvgIpc) is 3.15. The van der Waals surface area contributed by atoms with E-state index < -0.39 is 29.3 Å². The number of rotatable bonds is 2. The van der Waals surface area contributed by atoms with Gasteiger partial charge in [-0.2, -0.15) is 0 Å². The maximum Gasteiger partial charge on any atom is 0.254 e. The molecule has 0 unspecified atom stereocenters. The predicted octanol–water partition coefficient (Wildman–Crippen LogP) is 2.16. The van der Waals surface area contributed by atoms with Gasteiger partial charge in [0.2, 0.25) is 5.91 Å². The molecule has 0 aliphatic carbocycles. The Balaban J connectivity index is 1.65. The van der Waals surface area contributed by atoms with Crippen LogP contribution in [-0.4, -0.2) is 52.6 Å². The third kappa shape index (κ3) is 2.28. The highest BCUT2D eigenvalue weighted by molar-refractivity contribution is 5.96. The Bertz CT molecular complexity index is 734. The molecule has 25 heavy (non-hydrogen) atoms. The molecular weight excluding hydrogens is 330 g/mol. The van der Waals surface area contributed by atoms with Crippen LogP contribution < -0.4 is 0 Å². The van der Waals surface area contributed by atoms with Crippen molar-refractivity contribution < 1.29 is 23.1 Å². The van der Waals surface area contributed by atoms with Crippen LogP contribution in [0.2, 0.25) is 0 Å². The summed E-state index contributed by atoms with van der Waals surface area (Å²) in [7, 11) is 0. The minimum absolute atomic E-state index is 0.000772. The fourth-order valence-electron chi connectivity index (χ4n) is 4.46. The Morgan fingerprint density at radius 2 is 1.96 bits per heavy atom. The second-order valence-electron chi connectivity index (χ2n) is 7.36. The molecule has 0 aromatic heterocycles. The maximum atomic E-state index is 13.5. The summed E-state index contributed by atoms with van der Waals surface area (Å²) in [4.78, 5) is 28.7. The lowest BCUT2D eigenvalue weighted by Gasteiger charge is -2.34. The number of carbonyl (C=O) groups excluding carboxylic acids is 2. The summed E-state index contributed by atoms with van der Waals surface area (Å²) in [5.74, 6) is -1.82. The van der Waals surface area contributed by atoms with Gasteiger partial charge in [0, 0.05) is 24.6 Å². The van der Waals surface area contributed by atoms with E-state index in [4.69, 9.17) is 4.74 Å². The van der Waals surface area contributed by atoms with Gasteiger partial charge in [-0.25, -0.2) is 8.78 Å². The van der Waals surface area contributed by atoms with Crippen LogP contribution in [0.3, 0.4) is 0 Å². The van der Waals surface area contributed by atoms with Crippen molar-refractivity contribution >= 4 is 11.8 Å². The Labute approximate surface area is 144 Å². The minimum atomic E-state index is -0.793. The van der Waals surface area contributed by atoms with E-state index >= 15 is 0 Å². The summed E-state index contributed by atoms with van der Waals surface area (Å²) < 4.78 is 33.0. The van der Waals surface area contributed by atoms with Crippen molar-refractivity contribution in [2.24, 2.45) is 5.92 Å². The Kier molecular flexibility index (Phi) is 3.61. The first kappa shape index (κ1) is 16.4. The third-order valence-corrected chi connectivity index (χ3v) is 5.63. The van der Waals surface area contributed by atoms with Gasteiger partial charge in [-0.15, -0.1) is 0 Å². The quantitative estimate of drug-likeness (QED) is 0.821. The minimum Gasteiger partial charge on any atom is -0.351 e. The highest BCUT2D eigenvalue weighted by Crippen LogP contribution is 2.49. The Morgan fingerprint density at radius 3 is 2.60 bits per heavy atom. The first-order chi connectivity index (χ1) is 11.8. The smallest absolute Gasteiger partial charge is 0.254 e. The van der Waals surface area contributed by atoms with E-state index in [0.29, 0.717) is 19.6 Å². The third-order valence-electron chi connectivity index (χ3n) is 5.63. The van der Waals surface area contributed by atoms with E-state index in [1.807, 2.05) is 18.7 Å². The summed E-state index contributed by atoms with van der Waals surface area (Å²) in [5, 5.41) is 0. The van der Waals surface area contributed by atoms with Crippen LogP contribution in [0.4, 0.5) is 8.78 Å². The molecule has 3 aliphatic heterocycles. The van der Waals surface area contributed by atoms with E-state index in [1.54, 1.807) is 0 Å². The molecule has 0 saturated carbocycles. The number of carbonyl (C=O) groups is 2. The maximum absolute atomic E-state index is 13.5. The molecule has 3 saturated heterocycles. The number of hydrogen-bond donors (Lipinski definition) is 0. The number of likely N-dealkylation sites (tertiary alicyclic amines) is 1. The van der Waals surface area contributed by atoms with Gasteiger partial charge in [0.15, 0.2) is 5.72 Å². The summed E-state index contributed by atoms with van der Waals surface area (Å²) in [6, 6.07) is 2.37. The molecule has 7 heteroatoms. The molecule has 4 rings (SSSR count). The molecule has 3 fully saturated rings. The van der Waals surface area contributed by atoms with E-state index in [9.17, 15) is 18.4 Å². The number of hydrogen-bond acceptors (Lipinski definition) is 3. The van der Waals surface area contributed by atoms with Crippen molar-refractivity contribution in [1.82, 2.24) is 9.80 Å². The molecule has 0 bridgehead atoms. The number of ether oxygens (including phenoxy) is 1. The fourth-order valence-corrected chi connectivity index (χ4v) is 4.46. The Hall–Kier alpha value is -2.02. The number of amides is 2. The largest absolute Gasteiger partial charge is 0.351 e. The summed E-state index contributed by atoms with van der Waals surface area (Å²) in [6.07, 6.45) is 0.711. The zero-order valence-corrected chi connectivity index (χ0v) is 14.2. The topological polar surface area (TPSA) is 49.9 Å². The van der Waals surface area contributed by atoms with Gasteiger partial charge in [-0.05, 0) is 18.1 Å². The lowest BCUT2D eigenvalue weighted by Crippen LogP contribution is -2.51. The van der Waals surface area contributed by atoms with Gasteiger partial charge in [0.05, 0.1) is 25.1 Å². The molecule has 1 spiro atoms. The second kappa shape index (κ2) is 5.49. The zero-order chi connectivity index (χ0) is 17.9. The van der Waals surface area contributed by atoms with Crippen molar-refractivity contribution in [1.29, 1.82) is 0 Å². The van der Waals surface area contributed by atoms with E-state index in [2.05, 4.69) is 0 Å². The predicted molar refractivity (Wildman–Crippen MR) is 84.6 cm³/mol. The van der Waals surface area contributed by atoms with Crippen LogP contribution in [-0.2, 0) is 9.53 Å². The number of benzene rings is 1. The highest BCUT2D eigenvalue weighted by atomic mass is 19.1. The normalized spacial score (nSPS) is 31.0. The second-order valence-corrected chi connectivity index (χ2v) is 7.36. The molecule has 0 N–H and O–H groups in total. The lowest BCUT2D eigenvalue weighted by molar-refractivity contribution is -0.139. The highest BCUT2D eigenvalue weighted by Gasteiger charge is 2.65. The number of nitrogens with zero attached hydrogens (tertiary/aromatic N) is 2. The first-order valence-corrected chi connectivity index (χ1v) is 8.56. The van der Waals surface area contributed by atoms with Crippen molar-refractivity contribution in [3.8, 4) is 0 Å². The molecule has 3 aliphatic rings. The van der Waals surface area contributed by atoms with Gasteiger partial charge < -0.3 is 14.5 Å². The molecule has 1 aromatic rings. The summed E-state index contributed by atoms with van der Waals surface area (Å²) >= 11 is 0. The monoisotopic (exact) mass is 350 g/mol. The van der Waals surface area contributed by atoms with Crippen molar-refractivity contribution in [3.05, 3.63) is 35.4 Å². The lowest BCUT2D eigenvalue weighted by atomic mass is 10.0. The molecule has 2 amide bonds. The standard InChI is InChI=1S/C18H20F2N2O3/c1-10(2)14-9-25-18-3-4-21(15(18)8-16(23)22(14)18)17(24)11-5-12(19)7-13(20)6-11/h5-7,10,14-15H,3-4,8-9H2,1-2H3/t14-,15+,18-/m0/s1. The summed E-state index contributed by atoms with van der Waals surface area (Å²) in [5.41, 5.74) is -0.827. The molecule has 0 radical (unpaired) electrons. The van der Waals surface area contributed by atoms with Gasteiger partial charge in [0.1, 0.15) is 11.6 Å². The van der Waals surface area contributed by atoms with Gasteiger partial charge >= 0.3 is 0 Å². The van der Waals surface area contributed by atoms with Gasteiger partial charge in [-0.3, -0.25) is 9.59 Å². The fraction of sp³-hybridized carbons (Fsp3) is 0.556. The van der Waals surface area contributed by atoms with Crippen LogP contribution in [0.1, 0.15) is 37.0 Å². The van der Waals surface area contributed by atoms with Crippen molar-refractivity contribution in [2.45, 2.75) is 44.5 Å².